The van der Waals surface area contributed by atoms with Gasteiger partial charge in [0, 0.05) is 25.3 Å². The topological polar surface area (TPSA) is 41.9 Å². The van der Waals surface area contributed by atoms with Gasteiger partial charge in [0.15, 0.2) is 0 Å². The number of benzene rings is 1. The van der Waals surface area contributed by atoms with E-state index in [0.29, 0.717) is 6.42 Å². The first-order chi connectivity index (χ1) is 8.87. The summed E-state index contributed by atoms with van der Waals surface area (Å²) in [6.45, 7) is 6.40. The molecule has 0 aromatic heterocycles. The summed E-state index contributed by atoms with van der Waals surface area (Å²) in [6.07, 6.45) is 0.693. The third-order valence-electron chi connectivity index (χ3n) is 3.66. The number of methoxy groups -OCH3 is 2. The second-order valence-corrected chi connectivity index (χ2v) is 5.34. The first kappa shape index (κ1) is 15.6. The molecular formula is C15H25NO3. The lowest BCUT2D eigenvalue weighted by Crippen LogP contribution is -2.42. The Morgan fingerprint density at radius 3 is 2.32 bits per heavy atom. The number of aryl methyl sites for hydroxylation is 1. The van der Waals surface area contributed by atoms with Gasteiger partial charge in [0.25, 0.3) is 0 Å². The predicted molar refractivity (Wildman–Crippen MR) is 78.5 cm³/mol. The Morgan fingerprint density at radius 1 is 1.21 bits per heavy atom. The molecule has 108 valence electrons. The molecule has 0 saturated heterocycles. The highest BCUT2D eigenvalue weighted by molar-refractivity contribution is 5.66. The monoisotopic (exact) mass is 267 g/mol. The van der Waals surface area contributed by atoms with E-state index >= 15 is 0 Å². The van der Waals surface area contributed by atoms with Crippen LogP contribution in [0.25, 0.3) is 0 Å². The normalized spacial score (nSPS) is 11.3. The molecule has 0 heterocycles. The number of anilines is 1. The zero-order valence-corrected chi connectivity index (χ0v) is 12.8. The molecule has 0 aliphatic heterocycles. The van der Waals surface area contributed by atoms with Gasteiger partial charge < -0.3 is 19.5 Å². The van der Waals surface area contributed by atoms with Crippen molar-refractivity contribution in [3.8, 4) is 11.5 Å². The third-order valence-corrected chi connectivity index (χ3v) is 3.66. The molecule has 0 saturated carbocycles. The highest BCUT2D eigenvalue weighted by Crippen LogP contribution is 2.38. The van der Waals surface area contributed by atoms with E-state index in [2.05, 4.69) is 18.7 Å². The summed E-state index contributed by atoms with van der Waals surface area (Å²) in [5.41, 5.74) is 1.97. The molecular weight excluding hydrogens is 242 g/mol. The van der Waals surface area contributed by atoms with Gasteiger partial charge in [0.1, 0.15) is 11.5 Å². The molecule has 0 amide bonds. The Bertz CT molecular complexity index is 430. The van der Waals surface area contributed by atoms with Crippen molar-refractivity contribution in [3.63, 3.8) is 0 Å². The fourth-order valence-electron chi connectivity index (χ4n) is 2.16. The molecule has 0 fully saturated rings. The van der Waals surface area contributed by atoms with Crippen molar-refractivity contribution < 1.29 is 14.6 Å². The summed E-state index contributed by atoms with van der Waals surface area (Å²) in [4.78, 5) is 2.15. The summed E-state index contributed by atoms with van der Waals surface area (Å²) in [6, 6.07) is 3.87. The van der Waals surface area contributed by atoms with Crippen LogP contribution in [0.1, 0.15) is 25.8 Å². The Balaban J connectivity index is 3.25. The fraction of sp³-hybridized carbons (Fsp3) is 0.600. The largest absolute Gasteiger partial charge is 0.497 e. The minimum atomic E-state index is -0.151. The van der Waals surface area contributed by atoms with Crippen molar-refractivity contribution in [3.05, 3.63) is 17.7 Å². The number of aliphatic hydroxyl groups is 1. The summed E-state index contributed by atoms with van der Waals surface area (Å²) in [5, 5.41) is 9.20. The van der Waals surface area contributed by atoms with E-state index in [0.717, 1.165) is 22.7 Å². The second-order valence-electron chi connectivity index (χ2n) is 5.34. The van der Waals surface area contributed by atoms with Gasteiger partial charge in [-0.25, -0.2) is 0 Å². The molecule has 1 aromatic carbocycles. The molecule has 1 rings (SSSR count). The average molecular weight is 267 g/mol. The Kier molecular flexibility index (Phi) is 5.06. The predicted octanol–water partition coefficient (Wildman–Crippen LogP) is 2.61. The molecule has 4 nitrogen and oxygen atoms in total. The van der Waals surface area contributed by atoms with Crippen LogP contribution in [0, 0.1) is 6.92 Å². The molecule has 1 N–H and O–H groups in total. The number of nitrogens with zero attached hydrogens (tertiary/aromatic N) is 1. The van der Waals surface area contributed by atoms with Gasteiger partial charge >= 0.3 is 0 Å². The Morgan fingerprint density at radius 2 is 1.84 bits per heavy atom. The molecule has 4 heteroatoms. The van der Waals surface area contributed by atoms with Crippen LogP contribution in [-0.2, 0) is 0 Å². The van der Waals surface area contributed by atoms with Crippen molar-refractivity contribution in [2.24, 2.45) is 0 Å². The molecule has 1 aromatic rings. The molecule has 0 aliphatic carbocycles. The summed E-state index contributed by atoms with van der Waals surface area (Å²) < 4.78 is 10.7. The lowest BCUT2D eigenvalue weighted by atomic mass is 9.97. The standard InChI is InChI=1S/C15H25NO3/c1-11-9-12(18-5)10-13(19-6)14(11)16(4)15(2,3)7-8-17/h9-10,17H,7-8H2,1-6H3. The van der Waals surface area contributed by atoms with Crippen LogP contribution in [0.2, 0.25) is 0 Å². The van der Waals surface area contributed by atoms with Gasteiger partial charge in [0.2, 0.25) is 0 Å². The van der Waals surface area contributed by atoms with Gasteiger partial charge in [-0.3, -0.25) is 0 Å². The van der Waals surface area contributed by atoms with E-state index in [1.807, 2.05) is 26.1 Å². The van der Waals surface area contributed by atoms with E-state index < -0.39 is 0 Å². The van der Waals surface area contributed by atoms with E-state index in [4.69, 9.17) is 9.47 Å². The van der Waals surface area contributed by atoms with Crippen LogP contribution in [0.5, 0.6) is 11.5 Å². The maximum Gasteiger partial charge on any atom is 0.146 e. The number of hydrogen-bond acceptors (Lipinski definition) is 4. The molecule has 19 heavy (non-hydrogen) atoms. The van der Waals surface area contributed by atoms with Crippen LogP contribution in [-0.4, -0.2) is 38.5 Å². The Hall–Kier alpha value is -1.42. The van der Waals surface area contributed by atoms with Gasteiger partial charge in [0.05, 0.1) is 19.9 Å². The minimum Gasteiger partial charge on any atom is -0.497 e. The van der Waals surface area contributed by atoms with Crippen molar-refractivity contribution in [2.75, 3.05) is 32.8 Å². The summed E-state index contributed by atoms with van der Waals surface area (Å²) >= 11 is 0. The SMILES string of the molecule is COc1cc(C)c(N(C)C(C)(C)CCO)c(OC)c1. The zero-order valence-electron chi connectivity index (χ0n) is 12.8. The quantitative estimate of drug-likeness (QED) is 0.860. The van der Waals surface area contributed by atoms with Crippen LogP contribution >= 0.6 is 0 Å². The molecule has 0 unspecified atom stereocenters. The number of ether oxygens (including phenoxy) is 2. The highest BCUT2D eigenvalue weighted by Gasteiger charge is 2.27. The maximum absolute atomic E-state index is 9.20. The van der Waals surface area contributed by atoms with Crippen LogP contribution in [0.3, 0.4) is 0 Å². The first-order valence-electron chi connectivity index (χ1n) is 6.44. The fourth-order valence-corrected chi connectivity index (χ4v) is 2.16. The molecule has 0 bridgehead atoms. The second kappa shape index (κ2) is 6.15. The smallest absolute Gasteiger partial charge is 0.146 e. The molecule has 0 aliphatic rings. The van der Waals surface area contributed by atoms with Crippen molar-refractivity contribution in [1.82, 2.24) is 0 Å². The van der Waals surface area contributed by atoms with Gasteiger partial charge in [-0.15, -0.1) is 0 Å². The third kappa shape index (κ3) is 3.32. The van der Waals surface area contributed by atoms with Crippen molar-refractivity contribution in [2.45, 2.75) is 32.7 Å². The van der Waals surface area contributed by atoms with E-state index in [-0.39, 0.29) is 12.1 Å². The maximum atomic E-state index is 9.20. The van der Waals surface area contributed by atoms with Gasteiger partial charge in [-0.05, 0) is 38.8 Å². The van der Waals surface area contributed by atoms with Crippen LogP contribution < -0.4 is 14.4 Å². The van der Waals surface area contributed by atoms with E-state index in [9.17, 15) is 5.11 Å². The minimum absolute atomic E-state index is 0.151. The lowest BCUT2D eigenvalue weighted by molar-refractivity contribution is 0.249. The summed E-state index contributed by atoms with van der Waals surface area (Å²) in [7, 11) is 5.32. The molecule has 0 radical (unpaired) electrons. The molecule has 0 atom stereocenters. The lowest BCUT2D eigenvalue weighted by Gasteiger charge is -2.38. The zero-order chi connectivity index (χ0) is 14.6. The van der Waals surface area contributed by atoms with Gasteiger partial charge in [-0.1, -0.05) is 0 Å². The summed E-state index contributed by atoms with van der Waals surface area (Å²) in [5.74, 6) is 1.57. The molecule has 0 spiro atoms. The van der Waals surface area contributed by atoms with Crippen molar-refractivity contribution >= 4 is 5.69 Å². The number of rotatable bonds is 6. The number of aliphatic hydroxyl groups excluding tert-OH is 1. The first-order valence-corrected chi connectivity index (χ1v) is 6.44. The van der Waals surface area contributed by atoms with E-state index in [1.54, 1.807) is 14.2 Å². The highest BCUT2D eigenvalue weighted by atomic mass is 16.5. The van der Waals surface area contributed by atoms with Gasteiger partial charge in [-0.2, -0.15) is 0 Å². The van der Waals surface area contributed by atoms with E-state index in [1.165, 1.54) is 0 Å². The number of hydrogen-bond donors (Lipinski definition) is 1. The van der Waals surface area contributed by atoms with Crippen molar-refractivity contribution in [1.29, 1.82) is 0 Å². The average Bonchev–Trinajstić information content (AvgIpc) is 2.36. The Labute approximate surface area is 115 Å². The van der Waals surface area contributed by atoms with Crippen LogP contribution in [0.4, 0.5) is 5.69 Å². The van der Waals surface area contributed by atoms with Crippen LogP contribution in [0.15, 0.2) is 12.1 Å².